The fraction of sp³-hybridized carbons (Fsp3) is 0.273. The maximum absolute atomic E-state index is 5.70. The molecule has 1 aromatic carbocycles. The van der Waals surface area contributed by atoms with Crippen LogP contribution in [0.3, 0.4) is 0 Å². The lowest BCUT2D eigenvalue weighted by Crippen LogP contribution is -2.06. The number of nitrogens with two attached hydrogens (primary N) is 1. The first-order valence-corrected chi connectivity index (χ1v) is 4.92. The average Bonchev–Trinajstić information content (AvgIpc) is 2.68. The highest BCUT2D eigenvalue weighted by molar-refractivity contribution is 5.54. The molecule has 1 atom stereocenters. The lowest BCUT2D eigenvalue weighted by atomic mass is 10.1. The number of rotatable bonds is 2. The maximum atomic E-state index is 5.70. The summed E-state index contributed by atoms with van der Waals surface area (Å²) in [5.41, 5.74) is 7.92. The topological polar surface area (TPSA) is 67.6 Å². The third-order valence-electron chi connectivity index (χ3n) is 2.24. The van der Waals surface area contributed by atoms with E-state index >= 15 is 0 Å². The molecule has 0 radical (unpaired) electrons. The van der Waals surface area contributed by atoms with Gasteiger partial charge in [0, 0.05) is 5.56 Å². The van der Waals surface area contributed by atoms with Gasteiger partial charge >= 0.3 is 0 Å². The fourth-order valence-corrected chi connectivity index (χ4v) is 1.31. The molecule has 1 aromatic heterocycles. The zero-order valence-electron chi connectivity index (χ0n) is 8.86. The highest BCUT2D eigenvalue weighted by Gasteiger charge is 2.07. The first-order valence-electron chi connectivity index (χ1n) is 4.92. The van der Waals surface area contributed by atoms with E-state index < -0.39 is 0 Å². The lowest BCUT2D eigenvalue weighted by molar-refractivity contribution is 0.745. The molecule has 0 bridgehead atoms. The average molecular weight is 202 g/mol. The number of H-pyrrole nitrogens is 1. The monoisotopic (exact) mass is 202 g/mol. The largest absolute Gasteiger partial charge is 0.322 e. The van der Waals surface area contributed by atoms with Gasteiger partial charge in [-0.15, -0.1) is 0 Å². The molecule has 0 spiro atoms. The van der Waals surface area contributed by atoms with E-state index in [0.717, 1.165) is 5.56 Å². The van der Waals surface area contributed by atoms with Crippen LogP contribution >= 0.6 is 0 Å². The van der Waals surface area contributed by atoms with Gasteiger partial charge in [-0.3, -0.25) is 5.10 Å². The Morgan fingerprint density at radius 2 is 1.93 bits per heavy atom. The number of hydrogen-bond acceptors (Lipinski definition) is 3. The van der Waals surface area contributed by atoms with E-state index in [0.29, 0.717) is 11.6 Å². The van der Waals surface area contributed by atoms with Crippen molar-refractivity contribution in [1.29, 1.82) is 0 Å². The first kappa shape index (κ1) is 9.86. The molecule has 0 aliphatic carbocycles. The van der Waals surface area contributed by atoms with Crippen molar-refractivity contribution in [3.05, 3.63) is 35.7 Å². The van der Waals surface area contributed by atoms with Gasteiger partial charge in [-0.2, -0.15) is 5.10 Å². The molecule has 2 aromatic rings. The molecule has 2 rings (SSSR count). The van der Waals surface area contributed by atoms with Gasteiger partial charge in [0.25, 0.3) is 0 Å². The maximum Gasteiger partial charge on any atom is 0.181 e. The molecule has 0 fully saturated rings. The minimum Gasteiger partial charge on any atom is -0.322 e. The van der Waals surface area contributed by atoms with Crippen molar-refractivity contribution in [1.82, 2.24) is 15.2 Å². The summed E-state index contributed by atoms with van der Waals surface area (Å²) in [5, 5.41) is 6.95. The Morgan fingerprint density at radius 1 is 1.27 bits per heavy atom. The van der Waals surface area contributed by atoms with Gasteiger partial charge < -0.3 is 5.73 Å². The van der Waals surface area contributed by atoms with Crippen LogP contribution in [0.15, 0.2) is 24.3 Å². The summed E-state index contributed by atoms with van der Waals surface area (Å²) in [5.74, 6) is 1.41. The predicted molar refractivity (Wildman–Crippen MR) is 59.2 cm³/mol. The van der Waals surface area contributed by atoms with E-state index in [1.54, 1.807) is 0 Å². The van der Waals surface area contributed by atoms with Crippen molar-refractivity contribution in [2.45, 2.75) is 19.9 Å². The smallest absolute Gasteiger partial charge is 0.181 e. The Bertz CT molecular complexity index is 442. The summed E-state index contributed by atoms with van der Waals surface area (Å²) in [6, 6.07) is 7.97. The number of nitrogens with zero attached hydrogens (tertiary/aromatic N) is 2. The van der Waals surface area contributed by atoms with Gasteiger partial charge in [-0.05, 0) is 13.8 Å². The van der Waals surface area contributed by atoms with Crippen LogP contribution < -0.4 is 5.73 Å². The molecule has 4 heteroatoms. The second kappa shape index (κ2) is 3.82. The molecule has 0 unspecified atom stereocenters. The third-order valence-corrected chi connectivity index (χ3v) is 2.24. The number of aromatic amines is 1. The Labute approximate surface area is 88.5 Å². The minimum atomic E-state index is -0.114. The zero-order chi connectivity index (χ0) is 10.8. The van der Waals surface area contributed by atoms with Crippen LogP contribution in [0.5, 0.6) is 0 Å². The zero-order valence-corrected chi connectivity index (χ0v) is 8.86. The quantitative estimate of drug-likeness (QED) is 0.780. The molecule has 0 aliphatic heterocycles. The summed E-state index contributed by atoms with van der Waals surface area (Å²) >= 11 is 0. The highest BCUT2D eigenvalue weighted by Crippen LogP contribution is 2.16. The van der Waals surface area contributed by atoms with Crippen LogP contribution in [0.1, 0.15) is 24.4 Å². The second-order valence-corrected chi connectivity index (χ2v) is 3.70. The standard InChI is InChI=1S/C11H14N4/c1-7-3-5-9(6-4-7)11-13-10(8(2)12)14-15-11/h3-6,8H,12H2,1-2H3,(H,13,14,15)/t8-/m0/s1. The van der Waals surface area contributed by atoms with Crippen LogP contribution in [0.2, 0.25) is 0 Å². The van der Waals surface area contributed by atoms with Gasteiger partial charge in [0.05, 0.1) is 6.04 Å². The molecule has 4 nitrogen and oxygen atoms in total. The van der Waals surface area contributed by atoms with E-state index in [4.69, 9.17) is 5.73 Å². The lowest BCUT2D eigenvalue weighted by Gasteiger charge is -1.97. The summed E-state index contributed by atoms with van der Waals surface area (Å²) in [6.07, 6.45) is 0. The van der Waals surface area contributed by atoms with Crippen LogP contribution in [-0.2, 0) is 0 Å². The van der Waals surface area contributed by atoms with E-state index in [2.05, 4.69) is 22.1 Å². The van der Waals surface area contributed by atoms with Gasteiger partial charge in [0.1, 0.15) is 5.82 Å². The normalized spacial score (nSPS) is 12.7. The summed E-state index contributed by atoms with van der Waals surface area (Å²) in [4.78, 5) is 4.32. The Kier molecular flexibility index (Phi) is 2.51. The van der Waals surface area contributed by atoms with Gasteiger partial charge in [0.15, 0.2) is 5.82 Å². The van der Waals surface area contributed by atoms with Crippen LogP contribution in [-0.4, -0.2) is 15.2 Å². The Hall–Kier alpha value is -1.68. The van der Waals surface area contributed by atoms with Gasteiger partial charge in [0.2, 0.25) is 0 Å². The van der Waals surface area contributed by atoms with Crippen molar-refractivity contribution in [2.24, 2.45) is 5.73 Å². The van der Waals surface area contributed by atoms with Gasteiger partial charge in [-0.1, -0.05) is 29.8 Å². The van der Waals surface area contributed by atoms with Crippen LogP contribution in [0, 0.1) is 6.92 Å². The summed E-state index contributed by atoms with van der Waals surface area (Å²) in [6.45, 7) is 3.93. The summed E-state index contributed by atoms with van der Waals surface area (Å²) in [7, 11) is 0. The van der Waals surface area contributed by atoms with Crippen LogP contribution in [0.4, 0.5) is 0 Å². The predicted octanol–water partition coefficient (Wildman–Crippen LogP) is 1.80. The number of nitrogens with one attached hydrogen (secondary N) is 1. The molecule has 15 heavy (non-hydrogen) atoms. The number of benzene rings is 1. The number of hydrogen-bond donors (Lipinski definition) is 2. The first-order chi connectivity index (χ1) is 7.16. The Balaban J connectivity index is 2.33. The van der Waals surface area contributed by atoms with Crippen molar-refractivity contribution >= 4 is 0 Å². The molecule has 0 aliphatic rings. The van der Waals surface area contributed by atoms with E-state index in [1.165, 1.54) is 5.56 Å². The van der Waals surface area contributed by atoms with Crippen molar-refractivity contribution < 1.29 is 0 Å². The van der Waals surface area contributed by atoms with Gasteiger partial charge in [-0.25, -0.2) is 4.98 Å². The second-order valence-electron chi connectivity index (χ2n) is 3.70. The third kappa shape index (κ3) is 2.05. The SMILES string of the molecule is Cc1ccc(-c2n[nH]c([C@H](C)N)n2)cc1. The molecule has 0 amide bonds. The molecule has 0 saturated heterocycles. The molecule has 78 valence electrons. The van der Waals surface area contributed by atoms with Crippen molar-refractivity contribution in [3.8, 4) is 11.4 Å². The highest BCUT2D eigenvalue weighted by atomic mass is 15.2. The van der Waals surface area contributed by atoms with Crippen molar-refractivity contribution in [3.63, 3.8) is 0 Å². The number of aromatic nitrogens is 3. The molecular formula is C11H14N4. The molecule has 3 N–H and O–H groups in total. The molecular weight excluding hydrogens is 188 g/mol. The van der Waals surface area contributed by atoms with Crippen molar-refractivity contribution in [2.75, 3.05) is 0 Å². The van der Waals surface area contributed by atoms with Crippen LogP contribution in [0.25, 0.3) is 11.4 Å². The summed E-state index contributed by atoms with van der Waals surface area (Å²) < 4.78 is 0. The van der Waals surface area contributed by atoms with E-state index in [1.807, 2.05) is 31.2 Å². The minimum absolute atomic E-state index is 0.114. The van der Waals surface area contributed by atoms with E-state index in [-0.39, 0.29) is 6.04 Å². The molecule has 1 heterocycles. The number of aryl methyl sites for hydroxylation is 1. The molecule has 0 saturated carbocycles. The van der Waals surface area contributed by atoms with E-state index in [9.17, 15) is 0 Å². The Morgan fingerprint density at radius 3 is 2.47 bits per heavy atom. The fourth-order valence-electron chi connectivity index (χ4n) is 1.31.